The molecular weight excluding hydrogens is 360 g/mol. The van der Waals surface area contributed by atoms with Crippen molar-refractivity contribution in [3.63, 3.8) is 0 Å². The second kappa shape index (κ2) is 9.12. The van der Waals surface area contributed by atoms with Crippen LogP contribution in [0.15, 0.2) is 16.6 Å². The Labute approximate surface area is 140 Å². The number of halogens is 2. The second-order valence-corrected chi connectivity index (χ2v) is 5.53. The predicted octanol–water partition coefficient (Wildman–Crippen LogP) is 2.49. The van der Waals surface area contributed by atoms with Crippen LogP contribution < -0.4 is 20.5 Å². The Morgan fingerprint density at radius 3 is 2.43 bits per heavy atom. The molecule has 0 aliphatic carbocycles. The summed E-state index contributed by atoms with van der Waals surface area (Å²) < 4.78 is 11.3. The molecule has 0 bridgehead atoms. The minimum atomic E-state index is -0.224. The molecule has 120 valence electrons. The summed E-state index contributed by atoms with van der Waals surface area (Å²) >= 11 is 3.42. The highest BCUT2D eigenvalue weighted by atomic mass is 79.9. The van der Waals surface area contributed by atoms with E-state index >= 15 is 0 Å². The van der Waals surface area contributed by atoms with Crippen LogP contribution in [0.2, 0.25) is 0 Å². The van der Waals surface area contributed by atoms with Gasteiger partial charge in [0.2, 0.25) is 5.91 Å². The van der Waals surface area contributed by atoms with Crippen molar-refractivity contribution in [3.05, 3.63) is 22.2 Å². The highest BCUT2D eigenvalue weighted by Crippen LogP contribution is 2.36. The van der Waals surface area contributed by atoms with Gasteiger partial charge < -0.3 is 20.5 Å². The van der Waals surface area contributed by atoms with Crippen LogP contribution in [0.3, 0.4) is 0 Å². The third-order valence-corrected chi connectivity index (χ3v) is 3.75. The third kappa shape index (κ3) is 5.37. The SMILES string of the molecule is COc1cc(CNC(=O)C(C)C(C)N)cc(Br)c1OC.Cl. The molecule has 2 unspecified atom stereocenters. The maximum atomic E-state index is 11.9. The summed E-state index contributed by atoms with van der Waals surface area (Å²) in [6.07, 6.45) is 0. The lowest BCUT2D eigenvalue weighted by molar-refractivity contribution is -0.125. The molecule has 0 saturated carbocycles. The number of nitrogens with two attached hydrogens (primary N) is 1. The maximum absolute atomic E-state index is 11.9. The fourth-order valence-electron chi connectivity index (χ4n) is 1.66. The van der Waals surface area contributed by atoms with Crippen LogP contribution in [0.25, 0.3) is 0 Å². The van der Waals surface area contributed by atoms with Gasteiger partial charge in [-0.1, -0.05) is 6.92 Å². The summed E-state index contributed by atoms with van der Waals surface area (Å²) in [6, 6.07) is 3.55. The molecular formula is C14H22BrClN2O3. The molecule has 0 heterocycles. The Balaban J connectivity index is 0.00000400. The minimum absolute atomic E-state index is 0. The Bertz CT molecular complexity index is 484. The molecule has 0 aliphatic heterocycles. The summed E-state index contributed by atoms with van der Waals surface area (Å²) in [5.41, 5.74) is 6.63. The predicted molar refractivity (Wildman–Crippen MR) is 89.2 cm³/mol. The second-order valence-electron chi connectivity index (χ2n) is 4.68. The summed E-state index contributed by atoms with van der Waals surface area (Å²) in [4.78, 5) is 11.9. The molecule has 7 heteroatoms. The molecule has 2 atom stereocenters. The number of rotatable bonds is 6. The summed E-state index contributed by atoms with van der Waals surface area (Å²) in [5, 5.41) is 2.86. The zero-order valence-electron chi connectivity index (χ0n) is 12.6. The first-order valence-electron chi connectivity index (χ1n) is 6.34. The monoisotopic (exact) mass is 380 g/mol. The molecule has 0 aliphatic rings. The highest BCUT2D eigenvalue weighted by molar-refractivity contribution is 9.10. The number of carbonyl (C=O) groups is 1. The van der Waals surface area contributed by atoms with E-state index in [2.05, 4.69) is 21.2 Å². The Kier molecular flexibility index (Phi) is 8.70. The number of amides is 1. The first-order chi connectivity index (χ1) is 9.40. The van der Waals surface area contributed by atoms with E-state index in [0.29, 0.717) is 18.0 Å². The minimum Gasteiger partial charge on any atom is -0.493 e. The topological polar surface area (TPSA) is 73.6 Å². The van der Waals surface area contributed by atoms with Gasteiger partial charge in [-0.2, -0.15) is 0 Å². The van der Waals surface area contributed by atoms with E-state index in [1.807, 2.05) is 26.0 Å². The molecule has 0 fully saturated rings. The van der Waals surface area contributed by atoms with Gasteiger partial charge in [0.15, 0.2) is 11.5 Å². The van der Waals surface area contributed by atoms with Crippen LogP contribution in [-0.4, -0.2) is 26.2 Å². The molecule has 1 aromatic carbocycles. The van der Waals surface area contributed by atoms with E-state index in [1.54, 1.807) is 14.2 Å². The van der Waals surface area contributed by atoms with E-state index in [1.165, 1.54) is 0 Å². The van der Waals surface area contributed by atoms with Crippen LogP contribution in [-0.2, 0) is 11.3 Å². The Morgan fingerprint density at radius 2 is 1.95 bits per heavy atom. The Hall–Kier alpha value is -0.980. The van der Waals surface area contributed by atoms with Gasteiger partial charge in [-0.3, -0.25) is 4.79 Å². The van der Waals surface area contributed by atoms with E-state index in [4.69, 9.17) is 15.2 Å². The van der Waals surface area contributed by atoms with Crippen molar-refractivity contribution in [1.82, 2.24) is 5.32 Å². The average Bonchev–Trinajstić information content (AvgIpc) is 2.42. The standard InChI is InChI=1S/C14H21BrN2O3.ClH/c1-8(9(2)16)14(18)17-7-10-5-11(15)13(20-4)12(6-10)19-3;/h5-6,8-9H,7,16H2,1-4H3,(H,17,18);1H. The molecule has 0 radical (unpaired) electrons. The number of carbonyl (C=O) groups excluding carboxylic acids is 1. The van der Waals surface area contributed by atoms with E-state index in [0.717, 1.165) is 10.0 Å². The third-order valence-electron chi connectivity index (χ3n) is 3.16. The van der Waals surface area contributed by atoms with Crippen molar-refractivity contribution < 1.29 is 14.3 Å². The lowest BCUT2D eigenvalue weighted by Gasteiger charge is -2.16. The lowest BCUT2D eigenvalue weighted by Crippen LogP contribution is -2.38. The molecule has 1 amide bonds. The molecule has 1 rings (SSSR count). The molecule has 21 heavy (non-hydrogen) atoms. The Morgan fingerprint density at radius 1 is 1.33 bits per heavy atom. The van der Waals surface area contributed by atoms with Crippen LogP contribution in [0.1, 0.15) is 19.4 Å². The number of benzene rings is 1. The number of hydrogen-bond acceptors (Lipinski definition) is 4. The van der Waals surface area contributed by atoms with Gasteiger partial charge in [0.05, 0.1) is 18.7 Å². The fraction of sp³-hybridized carbons (Fsp3) is 0.500. The van der Waals surface area contributed by atoms with Gasteiger partial charge >= 0.3 is 0 Å². The van der Waals surface area contributed by atoms with Crippen molar-refractivity contribution in [2.24, 2.45) is 11.7 Å². The van der Waals surface area contributed by atoms with Crippen molar-refractivity contribution in [3.8, 4) is 11.5 Å². The van der Waals surface area contributed by atoms with Crippen molar-refractivity contribution in [2.45, 2.75) is 26.4 Å². The zero-order chi connectivity index (χ0) is 15.3. The van der Waals surface area contributed by atoms with Gasteiger partial charge in [-0.15, -0.1) is 12.4 Å². The first-order valence-corrected chi connectivity index (χ1v) is 7.13. The number of hydrogen-bond donors (Lipinski definition) is 2. The summed E-state index contributed by atoms with van der Waals surface area (Å²) in [5.74, 6) is 0.961. The van der Waals surface area contributed by atoms with Gasteiger partial charge in [-0.25, -0.2) is 0 Å². The normalized spacial score (nSPS) is 12.9. The highest BCUT2D eigenvalue weighted by Gasteiger charge is 2.17. The zero-order valence-corrected chi connectivity index (χ0v) is 15.0. The van der Waals surface area contributed by atoms with E-state index < -0.39 is 0 Å². The van der Waals surface area contributed by atoms with Crippen LogP contribution in [0.5, 0.6) is 11.5 Å². The van der Waals surface area contributed by atoms with Gasteiger partial charge in [-0.05, 0) is 40.5 Å². The first kappa shape index (κ1) is 20.0. The van der Waals surface area contributed by atoms with Crippen LogP contribution in [0.4, 0.5) is 0 Å². The average molecular weight is 382 g/mol. The van der Waals surface area contributed by atoms with Crippen molar-refractivity contribution in [2.75, 3.05) is 14.2 Å². The van der Waals surface area contributed by atoms with Crippen LogP contribution >= 0.6 is 28.3 Å². The number of ether oxygens (including phenoxy) is 2. The van der Waals surface area contributed by atoms with Gasteiger partial charge in [0.1, 0.15) is 0 Å². The van der Waals surface area contributed by atoms with Gasteiger partial charge in [0, 0.05) is 18.5 Å². The largest absolute Gasteiger partial charge is 0.493 e. The smallest absolute Gasteiger partial charge is 0.224 e. The number of nitrogens with one attached hydrogen (secondary N) is 1. The summed E-state index contributed by atoms with van der Waals surface area (Å²) in [6.45, 7) is 4.04. The van der Waals surface area contributed by atoms with Gasteiger partial charge in [0.25, 0.3) is 0 Å². The van der Waals surface area contributed by atoms with E-state index in [9.17, 15) is 4.79 Å². The molecule has 0 spiro atoms. The number of methoxy groups -OCH3 is 2. The maximum Gasteiger partial charge on any atom is 0.224 e. The fourth-order valence-corrected chi connectivity index (χ4v) is 2.31. The van der Waals surface area contributed by atoms with Crippen LogP contribution in [0, 0.1) is 5.92 Å². The van der Waals surface area contributed by atoms with E-state index in [-0.39, 0.29) is 30.3 Å². The summed E-state index contributed by atoms with van der Waals surface area (Å²) in [7, 11) is 3.15. The quantitative estimate of drug-likeness (QED) is 0.794. The molecule has 0 aromatic heterocycles. The molecule has 3 N–H and O–H groups in total. The van der Waals surface area contributed by atoms with Crippen molar-refractivity contribution >= 4 is 34.2 Å². The molecule has 1 aromatic rings. The lowest BCUT2D eigenvalue weighted by atomic mass is 10.0. The van der Waals surface area contributed by atoms with Crippen molar-refractivity contribution in [1.29, 1.82) is 0 Å². The molecule has 5 nitrogen and oxygen atoms in total. The molecule has 0 saturated heterocycles.